The molecule has 2 aromatic rings. The van der Waals surface area contributed by atoms with E-state index in [2.05, 4.69) is 25.3 Å². The second-order valence-electron chi connectivity index (χ2n) is 6.03. The van der Waals surface area contributed by atoms with Gasteiger partial charge in [-0.1, -0.05) is 0 Å². The SMILES string of the molecule is Cc1ccnc(N2CCC(NC(=O)c3cc(C)nn3C)CC2)n1. The first-order valence-corrected chi connectivity index (χ1v) is 7.89. The summed E-state index contributed by atoms with van der Waals surface area (Å²) in [5, 5.41) is 7.32. The number of hydrogen-bond donors (Lipinski definition) is 1. The molecule has 1 aliphatic rings. The Bertz CT molecular complexity index is 702. The Morgan fingerprint density at radius 2 is 2.00 bits per heavy atom. The lowest BCUT2D eigenvalue weighted by molar-refractivity contribution is 0.0921. The predicted octanol–water partition coefficient (Wildman–Crippen LogP) is 1.23. The molecule has 2 aromatic heterocycles. The first-order chi connectivity index (χ1) is 11.0. The Morgan fingerprint density at radius 3 is 2.61 bits per heavy atom. The Kier molecular flexibility index (Phi) is 4.27. The van der Waals surface area contributed by atoms with Crippen molar-refractivity contribution in [3.05, 3.63) is 35.4 Å². The quantitative estimate of drug-likeness (QED) is 0.922. The third kappa shape index (κ3) is 3.49. The fourth-order valence-corrected chi connectivity index (χ4v) is 2.89. The molecule has 0 radical (unpaired) electrons. The highest BCUT2D eigenvalue weighted by Crippen LogP contribution is 2.16. The summed E-state index contributed by atoms with van der Waals surface area (Å²) in [6, 6.07) is 3.89. The van der Waals surface area contributed by atoms with Crippen LogP contribution in [0.4, 0.5) is 5.95 Å². The Labute approximate surface area is 135 Å². The number of nitrogens with zero attached hydrogens (tertiary/aromatic N) is 5. The van der Waals surface area contributed by atoms with E-state index in [1.54, 1.807) is 17.9 Å². The Morgan fingerprint density at radius 1 is 1.26 bits per heavy atom. The number of nitrogens with one attached hydrogen (secondary N) is 1. The molecule has 7 nitrogen and oxygen atoms in total. The zero-order chi connectivity index (χ0) is 16.4. The van der Waals surface area contributed by atoms with Crippen LogP contribution in [0.1, 0.15) is 34.7 Å². The minimum absolute atomic E-state index is 0.0571. The first kappa shape index (κ1) is 15.5. The summed E-state index contributed by atoms with van der Waals surface area (Å²) in [4.78, 5) is 23.3. The van der Waals surface area contributed by atoms with Crippen molar-refractivity contribution in [3.8, 4) is 0 Å². The summed E-state index contributed by atoms with van der Waals surface area (Å²) in [7, 11) is 1.79. The van der Waals surface area contributed by atoms with Crippen LogP contribution >= 0.6 is 0 Å². The molecule has 0 saturated carbocycles. The Balaban J connectivity index is 1.57. The Hall–Kier alpha value is -2.44. The number of carbonyl (C=O) groups excluding carboxylic acids is 1. The third-order valence-electron chi connectivity index (χ3n) is 4.13. The largest absolute Gasteiger partial charge is 0.348 e. The molecule has 0 unspecified atom stereocenters. The van der Waals surface area contributed by atoms with E-state index in [1.807, 2.05) is 26.0 Å². The second kappa shape index (κ2) is 6.36. The van der Waals surface area contributed by atoms with Crippen molar-refractivity contribution in [1.29, 1.82) is 0 Å². The molecule has 1 amide bonds. The van der Waals surface area contributed by atoms with Crippen LogP contribution in [0, 0.1) is 13.8 Å². The minimum Gasteiger partial charge on any atom is -0.348 e. The summed E-state index contributed by atoms with van der Waals surface area (Å²) >= 11 is 0. The van der Waals surface area contributed by atoms with Crippen LogP contribution in [0.2, 0.25) is 0 Å². The number of hydrogen-bond acceptors (Lipinski definition) is 5. The number of aromatic nitrogens is 4. The predicted molar refractivity (Wildman–Crippen MR) is 87.4 cm³/mol. The normalized spacial score (nSPS) is 15.7. The van der Waals surface area contributed by atoms with E-state index in [4.69, 9.17) is 0 Å². The average Bonchev–Trinajstić information content (AvgIpc) is 2.87. The highest BCUT2D eigenvalue weighted by molar-refractivity contribution is 5.92. The molecule has 0 aliphatic carbocycles. The molecule has 3 heterocycles. The van der Waals surface area contributed by atoms with Gasteiger partial charge in [0.2, 0.25) is 5.95 Å². The lowest BCUT2D eigenvalue weighted by Crippen LogP contribution is -2.45. The molecule has 0 aromatic carbocycles. The highest BCUT2D eigenvalue weighted by Gasteiger charge is 2.23. The number of carbonyl (C=O) groups is 1. The van der Waals surface area contributed by atoms with Crippen LogP contribution in [0.15, 0.2) is 18.3 Å². The van der Waals surface area contributed by atoms with Crippen molar-refractivity contribution in [2.45, 2.75) is 32.7 Å². The van der Waals surface area contributed by atoms with E-state index in [0.29, 0.717) is 5.69 Å². The van der Waals surface area contributed by atoms with Crippen molar-refractivity contribution in [3.63, 3.8) is 0 Å². The fraction of sp³-hybridized carbons (Fsp3) is 0.500. The van der Waals surface area contributed by atoms with Gasteiger partial charge in [0.15, 0.2) is 0 Å². The standard InChI is InChI=1S/C16H22N6O/c1-11-4-7-17-16(18-11)22-8-5-13(6-9-22)19-15(23)14-10-12(2)20-21(14)3/h4,7,10,13H,5-6,8-9H2,1-3H3,(H,19,23). The molecule has 1 saturated heterocycles. The smallest absolute Gasteiger partial charge is 0.269 e. The third-order valence-corrected chi connectivity index (χ3v) is 4.13. The summed E-state index contributed by atoms with van der Waals surface area (Å²) < 4.78 is 1.63. The first-order valence-electron chi connectivity index (χ1n) is 7.89. The molecule has 23 heavy (non-hydrogen) atoms. The van der Waals surface area contributed by atoms with Crippen molar-refractivity contribution in [2.75, 3.05) is 18.0 Å². The zero-order valence-corrected chi connectivity index (χ0v) is 13.8. The van der Waals surface area contributed by atoms with E-state index in [9.17, 15) is 4.79 Å². The van der Waals surface area contributed by atoms with Gasteiger partial charge in [0.05, 0.1) is 5.69 Å². The molecule has 122 valence electrons. The van der Waals surface area contributed by atoms with Crippen LogP contribution in [-0.2, 0) is 7.05 Å². The lowest BCUT2D eigenvalue weighted by atomic mass is 10.1. The van der Waals surface area contributed by atoms with Crippen LogP contribution in [0.5, 0.6) is 0 Å². The van der Waals surface area contributed by atoms with Crippen molar-refractivity contribution >= 4 is 11.9 Å². The van der Waals surface area contributed by atoms with Crippen LogP contribution in [0.25, 0.3) is 0 Å². The number of piperidine rings is 1. The summed E-state index contributed by atoms with van der Waals surface area (Å²) in [5.41, 5.74) is 2.42. The molecular formula is C16H22N6O. The van der Waals surface area contributed by atoms with Gasteiger partial charge in [0.1, 0.15) is 5.69 Å². The number of amides is 1. The van der Waals surface area contributed by atoms with Gasteiger partial charge < -0.3 is 10.2 Å². The minimum atomic E-state index is -0.0571. The van der Waals surface area contributed by atoms with Gasteiger partial charge in [-0.15, -0.1) is 0 Å². The fourth-order valence-electron chi connectivity index (χ4n) is 2.89. The van der Waals surface area contributed by atoms with Gasteiger partial charge in [0.25, 0.3) is 5.91 Å². The van der Waals surface area contributed by atoms with E-state index in [0.717, 1.165) is 43.3 Å². The maximum absolute atomic E-state index is 12.3. The molecule has 1 aliphatic heterocycles. The van der Waals surface area contributed by atoms with Crippen LogP contribution in [0.3, 0.4) is 0 Å². The van der Waals surface area contributed by atoms with Crippen molar-refractivity contribution in [1.82, 2.24) is 25.1 Å². The molecule has 3 rings (SSSR count). The molecule has 0 atom stereocenters. The summed E-state index contributed by atoms with van der Waals surface area (Å²) in [6.07, 6.45) is 3.57. The second-order valence-corrected chi connectivity index (χ2v) is 6.03. The topological polar surface area (TPSA) is 75.9 Å². The molecule has 7 heteroatoms. The van der Waals surface area contributed by atoms with Crippen molar-refractivity contribution < 1.29 is 4.79 Å². The number of anilines is 1. The van der Waals surface area contributed by atoms with E-state index >= 15 is 0 Å². The maximum Gasteiger partial charge on any atom is 0.269 e. The van der Waals surface area contributed by atoms with Gasteiger partial charge in [-0.25, -0.2) is 9.97 Å². The number of aryl methyl sites for hydroxylation is 3. The van der Waals surface area contributed by atoms with E-state index in [-0.39, 0.29) is 11.9 Å². The van der Waals surface area contributed by atoms with E-state index in [1.165, 1.54) is 0 Å². The van der Waals surface area contributed by atoms with Gasteiger partial charge in [-0.05, 0) is 38.8 Å². The molecule has 0 bridgehead atoms. The van der Waals surface area contributed by atoms with Crippen LogP contribution in [-0.4, -0.2) is 44.8 Å². The summed E-state index contributed by atoms with van der Waals surface area (Å²) in [5.74, 6) is 0.718. The van der Waals surface area contributed by atoms with Gasteiger partial charge in [-0.3, -0.25) is 9.48 Å². The monoisotopic (exact) mass is 314 g/mol. The van der Waals surface area contributed by atoms with Gasteiger partial charge >= 0.3 is 0 Å². The van der Waals surface area contributed by atoms with E-state index < -0.39 is 0 Å². The molecule has 1 N–H and O–H groups in total. The molecular weight excluding hydrogens is 292 g/mol. The zero-order valence-electron chi connectivity index (χ0n) is 13.8. The molecule has 1 fully saturated rings. The average molecular weight is 314 g/mol. The number of rotatable bonds is 3. The van der Waals surface area contributed by atoms with Crippen molar-refractivity contribution in [2.24, 2.45) is 7.05 Å². The van der Waals surface area contributed by atoms with Gasteiger partial charge in [0, 0.05) is 38.1 Å². The highest BCUT2D eigenvalue weighted by atomic mass is 16.2. The summed E-state index contributed by atoms with van der Waals surface area (Å²) in [6.45, 7) is 5.54. The van der Waals surface area contributed by atoms with Crippen LogP contribution < -0.4 is 10.2 Å². The maximum atomic E-state index is 12.3. The lowest BCUT2D eigenvalue weighted by Gasteiger charge is -2.32. The molecule has 0 spiro atoms. The van der Waals surface area contributed by atoms with Gasteiger partial charge in [-0.2, -0.15) is 5.10 Å².